The van der Waals surface area contributed by atoms with Crippen LogP contribution in [0.1, 0.15) is 46.3 Å². The molecule has 0 amide bonds. The molecule has 0 saturated carbocycles. The zero-order chi connectivity index (χ0) is 19.9. The Hall–Kier alpha value is -2.50. The fourth-order valence-electron chi connectivity index (χ4n) is 2.52. The summed E-state index contributed by atoms with van der Waals surface area (Å²) < 4.78 is 5.82. The zero-order valence-corrected chi connectivity index (χ0v) is 17.4. The van der Waals surface area contributed by atoms with Gasteiger partial charge in [-0.25, -0.2) is 9.98 Å². The van der Waals surface area contributed by atoms with Crippen LogP contribution in [0, 0.1) is 0 Å². The standard InChI is InChI=1S/C21H33N5O/c1-7-22-20(25-15-19-23-14-18(27-19)21(3,4)5)24-13-16(2)26(6)17-11-9-8-10-12-17/h8-12,14,16H,7,13,15H2,1-6H3,(H2,22,24,25). The average Bonchev–Trinajstić information content (AvgIpc) is 3.13. The molecule has 0 saturated heterocycles. The van der Waals surface area contributed by atoms with Crippen molar-refractivity contribution in [3.8, 4) is 0 Å². The van der Waals surface area contributed by atoms with Crippen LogP contribution in [-0.4, -0.2) is 37.1 Å². The predicted molar refractivity (Wildman–Crippen MR) is 112 cm³/mol. The maximum absolute atomic E-state index is 5.82. The largest absolute Gasteiger partial charge is 0.443 e. The molecular weight excluding hydrogens is 338 g/mol. The number of rotatable bonds is 7. The molecule has 6 heteroatoms. The third-order valence-corrected chi connectivity index (χ3v) is 4.40. The minimum Gasteiger partial charge on any atom is -0.443 e. The predicted octanol–water partition coefficient (Wildman–Crippen LogP) is 3.55. The van der Waals surface area contributed by atoms with Crippen LogP contribution in [-0.2, 0) is 12.0 Å². The van der Waals surface area contributed by atoms with Crippen LogP contribution in [0.2, 0.25) is 0 Å². The maximum Gasteiger partial charge on any atom is 0.216 e. The second kappa shape index (κ2) is 9.44. The number of anilines is 1. The van der Waals surface area contributed by atoms with E-state index in [-0.39, 0.29) is 5.41 Å². The first-order chi connectivity index (χ1) is 12.8. The number of likely N-dealkylation sites (N-methyl/N-ethyl adjacent to an activating group) is 1. The normalized spacial score (nSPS) is 13.3. The molecule has 6 nitrogen and oxygen atoms in total. The Bertz CT molecular complexity index is 718. The SMILES string of the molecule is CCNC(=NCc1ncc(C(C)(C)C)o1)NCC(C)N(C)c1ccccc1. The molecule has 1 heterocycles. The van der Waals surface area contributed by atoms with Crippen molar-refractivity contribution in [1.82, 2.24) is 15.6 Å². The van der Waals surface area contributed by atoms with Crippen LogP contribution in [0.5, 0.6) is 0 Å². The van der Waals surface area contributed by atoms with E-state index in [1.54, 1.807) is 6.20 Å². The summed E-state index contributed by atoms with van der Waals surface area (Å²) in [6.45, 7) is 12.6. The number of guanidine groups is 1. The topological polar surface area (TPSA) is 65.7 Å². The first kappa shape index (κ1) is 20.8. The summed E-state index contributed by atoms with van der Waals surface area (Å²) in [5.74, 6) is 2.27. The quantitative estimate of drug-likeness (QED) is 0.575. The monoisotopic (exact) mass is 371 g/mol. The van der Waals surface area contributed by atoms with Crippen LogP contribution in [0.15, 0.2) is 45.9 Å². The van der Waals surface area contributed by atoms with Crippen molar-refractivity contribution in [2.24, 2.45) is 4.99 Å². The first-order valence-electron chi connectivity index (χ1n) is 9.56. The molecule has 0 aliphatic heterocycles. The molecule has 2 N–H and O–H groups in total. The van der Waals surface area contributed by atoms with E-state index < -0.39 is 0 Å². The Morgan fingerprint density at radius 1 is 1.22 bits per heavy atom. The van der Waals surface area contributed by atoms with Crippen molar-refractivity contribution in [3.05, 3.63) is 48.2 Å². The molecule has 1 atom stereocenters. The van der Waals surface area contributed by atoms with E-state index in [1.807, 2.05) is 6.07 Å². The molecule has 0 aliphatic rings. The Morgan fingerprint density at radius 2 is 1.93 bits per heavy atom. The van der Waals surface area contributed by atoms with Crippen molar-refractivity contribution in [2.45, 2.75) is 52.6 Å². The summed E-state index contributed by atoms with van der Waals surface area (Å²) in [5.41, 5.74) is 1.15. The van der Waals surface area contributed by atoms with Gasteiger partial charge in [-0.1, -0.05) is 39.0 Å². The van der Waals surface area contributed by atoms with E-state index in [9.17, 15) is 0 Å². The van der Waals surface area contributed by atoms with Crippen molar-refractivity contribution in [1.29, 1.82) is 0 Å². The number of benzene rings is 1. The Balaban J connectivity index is 1.94. The molecule has 0 radical (unpaired) electrons. The number of nitrogens with zero attached hydrogens (tertiary/aromatic N) is 3. The fraction of sp³-hybridized carbons (Fsp3) is 0.524. The molecule has 2 rings (SSSR count). The van der Waals surface area contributed by atoms with Gasteiger partial charge in [0.2, 0.25) is 5.89 Å². The van der Waals surface area contributed by atoms with Crippen molar-refractivity contribution in [3.63, 3.8) is 0 Å². The Labute approximate surface area is 163 Å². The van der Waals surface area contributed by atoms with E-state index >= 15 is 0 Å². The lowest BCUT2D eigenvalue weighted by Crippen LogP contribution is -2.45. The summed E-state index contributed by atoms with van der Waals surface area (Å²) >= 11 is 0. The van der Waals surface area contributed by atoms with E-state index in [1.165, 1.54) is 5.69 Å². The van der Waals surface area contributed by atoms with Gasteiger partial charge in [-0.05, 0) is 26.0 Å². The van der Waals surface area contributed by atoms with Gasteiger partial charge in [-0.2, -0.15) is 0 Å². The summed E-state index contributed by atoms with van der Waals surface area (Å²) in [6, 6.07) is 10.7. The van der Waals surface area contributed by atoms with Gasteiger partial charge in [0.05, 0.1) is 6.20 Å². The number of hydrogen-bond donors (Lipinski definition) is 2. The van der Waals surface area contributed by atoms with E-state index in [4.69, 9.17) is 4.42 Å². The van der Waals surface area contributed by atoms with Crippen LogP contribution < -0.4 is 15.5 Å². The third kappa shape index (κ3) is 6.31. The van der Waals surface area contributed by atoms with Gasteiger partial charge in [-0.3, -0.25) is 0 Å². The molecule has 2 aromatic rings. The minimum atomic E-state index is -0.0465. The van der Waals surface area contributed by atoms with Crippen LogP contribution in [0.3, 0.4) is 0 Å². The van der Waals surface area contributed by atoms with Gasteiger partial charge >= 0.3 is 0 Å². The van der Waals surface area contributed by atoms with E-state index in [2.05, 4.69) is 91.4 Å². The maximum atomic E-state index is 5.82. The molecule has 148 valence electrons. The number of oxazole rings is 1. The minimum absolute atomic E-state index is 0.0465. The van der Waals surface area contributed by atoms with Gasteiger partial charge in [0.1, 0.15) is 12.3 Å². The van der Waals surface area contributed by atoms with Crippen LogP contribution in [0.4, 0.5) is 5.69 Å². The zero-order valence-electron chi connectivity index (χ0n) is 17.4. The molecule has 1 aromatic carbocycles. The lowest BCUT2D eigenvalue weighted by molar-refractivity contribution is 0.383. The van der Waals surface area contributed by atoms with Gasteiger partial charge in [0.15, 0.2) is 5.96 Å². The molecule has 0 aliphatic carbocycles. The molecule has 0 spiro atoms. The molecule has 0 bridgehead atoms. The van der Waals surface area contributed by atoms with Crippen molar-refractivity contribution >= 4 is 11.6 Å². The van der Waals surface area contributed by atoms with E-state index in [0.29, 0.717) is 18.5 Å². The van der Waals surface area contributed by atoms with E-state index in [0.717, 1.165) is 24.8 Å². The van der Waals surface area contributed by atoms with Crippen molar-refractivity contribution in [2.75, 3.05) is 25.0 Å². The highest BCUT2D eigenvalue weighted by Crippen LogP contribution is 2.22. The summed E-state index contributed by atoms with van der Waals surface area (Å²) in [7, 11) is 2.10. The highest BCUT2D eigenvalue weighted by Gasteiger charge is 2.19. The number of nitrogens with one attached hydrogen (secondary N) is 2. The van der Waals surface area contributed by atoms with Crippen molar-refractivity contribution < 1.29 is 4.42 Å². The highest BCUT2D eigenvalue weighted by atomic mass is 16.4. The smallest absolute Gasteiger partial charge is 0.216 e. The second-order valence-corrected chi connectivity index (χ2v) is 7.74. The first-order valence-corrected chi connectivity index (χ1v) is 9.56. The fourth-order valence-corrected chi connectivity index (χ4v) is 2.52. The van der Waals surface area contributed by atoms with Gasteiger partial charge in [-0.15, -0.1) is 0 Å². The average molecular weight is 372 g/mol. The number of para-hydroxylation sites is 1. The molecule has 0 fully saturated rings. The van der Waals surface area contributed by atoms with Crippen LogP contribution >= 0.6 is 0 Å². The van der Waals surface area contributed by atoms with Gasteiger partial charge in [0, 0.05) is 37.3 Å². The van der Waals surface area contributed by atoms with Gasteiger partial charge in [0.25, 0.3) is 0 Å². The molecular formula is C21H33N5O. The molecule has 1 aromatic heterocycles. The number of aromatic nitrogens is 1. The van der Waals surface area contributed by atoms with Gasteiger partial charge < -0.3 is 20.0 Å². The summed E-state index contributed by atoms with van der Waals surface area (Å²) in [6.07, 6.45) is 1.79. The molecule has 1 unspecified atom stereocenters. The lowest BCUT2D eigenvalue weighted by atomic mass is 9.94. The lowest BCUT2D eigenvalue weighted by Gasteiger charge is -2.27. The summed E-state index contributed by atoms with van der Waals surface area (Å²) in [4.78, 5) is 11.2. The summed E-state index contributed by atoms with van der Waals surface area (Å²) in [5, 5.41) is 6.68. The number of hydrogen-bond acceptors (Lipinski definition) is 4. The second-order valence-electron chi connectivity index (χ2n) is 7.74. The third-order valence-electron chi connectivity index (χ3n) is 4.40. The Kier molecular flexibility index (Phi) is 7.28. The molecule has 27 heavy (non-hydrogen) atoms. The van der Waals surface area contributed by atoms with Crippen LogP contribution in [0.25, 0.3) is 0 Å². The Morgan fingerprint density at radius 3 is 2.52 bits per heavy atom. The number of aliphatic imine (C=N–C) groups is 1. The highest BCUT2D eigenvalue weighted by molar-refractivity contribution is 5.79.